The molecule has 0 bridgehead atoms. The lowest BCUT2D eigenvalue weighted by atomic mass is 9.97. The molecule has 0 aromatic carbocycles. The SMILES string of the molecule is NCCC1CCC(c2cccnc2)C1. The standard InChI is InChI=1S/C12H18N2/c13-6-5-10-3-4-11(8-10)12-2-1-7-14-9-12/h1-2,7,9-11H,3-6,8,13H2. The molecule has 2 N–H and O–H groups in total. The van der Waals surface area contributed by atoms with Crippen LogP contribution in [0.4, 0.5) is 0 Å². The fourth-order valence-electron chi connectivity index (χ4n) is 2.49. The van der Waals surface area contributed by atoms with E-state index in [2.05, 4.69) is 11.1 Å². The number of hydrogen-bond acceptors (Lipinski definition) is 2. The monoisotopic (exact) mass is 190 g/mol. The van der Waals surface area contributed by atoms with Gasteiger partial charge in [-0.25, -0.2) is 0 Å². The molecule has 2 unspecified atom stereocenters. The van der Waals surface area contributed by atoms with Gasteiger partial charge in [-0.05, 0) is 55.7 Å². The molecule has 76 valence electrons. The van der Waals surface area contributed by atoms with Gasteiger partial charge in [-0.2, -0.15) is 0 Å². The smallest absolute Gasteiger partial charge is 0.0302 e. The molecule has 1 aromatic heterocycles. The molecule has 0 amide bonds. The summed E-state index contributed by atoms with van der Waals surface area (Å²) in [6.45, 7) is 0.838. The van der Waals surface area contributed by atoms with Gasteiger partial charge in [0.2, 0.25) is 0 Å². The first-order valence-electron chi connectivity index (χ1n) is 5.50. The second-order valence-electron chi connectivity index (χ2n) is 4.24. The van der Waals surface area contributed by atoms with Gasteiger partial charge in [0, 0.05) is 12.4 Å². The predicted molar refractivity (Wildman–Crippen MR) is 58.0 cm³/mol. The molecule has 14 heavy (non-hydrogen) atoms. The third-order valence-electron chi connectivity index (χ3n) is 3.27. The van der Waals surface area contributed by atoms with Crippen LogP contribution in [0.15, 0.2) is 24.5 Å². The van der Waals surface area contributed by atoms with Gasteiger partial charge in [0.15, 0.2) is 0 Å². The maximum absolute atomic E-state index is 5.58. The summed E-state index contributed by atoms with van der Waals surface area (Å²) >= 11 is 0. The van der Waals surface area contributed by atoms with E-state index in [1.54, 1.807) is 0 Å². The van der Waals surface area contributed by atoms with E-state index < -0.39 is 0 Å². The molecule has 0 aliphatic heterocycles. The van der Waals surface area contributed by atoms with Crippen molar-refractivity contribution in [2.45, 2.75) is 31.6 Å². The van der Waals surface area contributed by atoms with E-state index in [4.69, 9.17) is 5.73 Å². The molecule has 1 heterocycles. The minimum absolute atomic E-state index is 0.736. The Morgan fingerprint density at radius 2 is 2.36 bits per heavy atom. The second-order valence-corrected chi connectivity index (χ2v) is 4.24. The van der Waals surface area contributed by atoms with Crippen LogP contribution in [0.1, 0.15) is 37.2 Å². The van der Waals surface area contributed by atoms with Crippen molar-refractivity contribution in [1.82, 2.24) is 4.98 Å². The summed E-state index contributed by atoms with van der Waals surface area (Å²) in [6.07, 6.45) is 9.01. The number of rotatable bonds is 3. The lowest BCUT2D eigenvalue weighted by Gasteiger charge is -2.10. The first kappa shape index (κ1) is 9.66. The first-order valence-corrected chi connectivity index (χ1v) is 5.50. The highest BCUT2D eigenvalue weighted by Crippen LogP contribution is 2.39. The van der Waals surface area contributed by atoms with Gasteiger partial charge < -0.3 is 5.73 Å². The fourth-order valence-corrected chi connectivity index (χ4v) is 2.49. The summed E-state index contributed by atoms with van der Waals surface area (Å²) in [5, 5.41) is 0. The maximum Gasteiger partial charge on any atom is 0.0302 e. The molecular weight excluding hydrogens is 172 g/mol. The number of aromatic nitrogens is 1. The number of hydrogen-bond donors (Lipinski definition) is 1. The Hall–Kier alpha value is -0.890. The van der Waals surface area contributed by atoms with Crippen molar-refractivity contribution in [2.75, 3.05) is 6.54 Å². The maximum atomic E-state index is 5.58. The molecule has 0 radical (unpaired) electrons. The van der Waals surface area contributed by atoms with Gasteiger partial charge in [0.25, 0.3) is 0 Å². The number of nitrogens with zero attached hydrogens (tertiary/aromatic N) is 1. The van der Waals surface area contributed by atoms with E-state index in [1.165, 1.54) is 31.2 Å². The molecule has 1 saturated carbocycles. The molecule has 1 aliphatic carbocycles. The Morgan fingerprint density at radius 1 is 1.43 bits per heavy atom. The van der Waals surface area contributed by atoms with Gasteiger partial charge in [0.1, 0.15) is 0 Å². The van der Waals surface area contributed by atoms with E-state index in [-0.39, 0.29) is 0 Å². The third-order valence-corrected chi connectivity index (χ3v) is 3.27. The van der Waals surface area contributed by atoms with Crippen molar-refractivity contribution in [3.8, 4) is 0 Å². The zero-order valence-corrected chi connectivity index (χ0v) is 8.52. The molecule has 2 nitrogen and oxygen atoms in total. The van der Waals surface area contributed by atoms with Crippen LogP contribution in [0.3, 0.4) is 0 Å². The van der Waals surface area contributed by atoms with Crippen molar-refractivity contribution in [1.29, 1.82) is 0 Å². The molecule has 2 heteroatoms. The zero-order valence-electron chi connectivity index (χ0n) is 8.52. The van der Waals surface area contributed by atoms with Crippen molar-refractivity contribution >= 4 is 0 Å². The minimum Gasteiger partial charge on any atom is -0.330 e. The van der Waals surface area contributed by atoms with Crippen LogP contribution in [-0.4, -0.2) is 11.5 Å². The summed E-state index contributed by atoms with van der Waals surface area (Å²) in [7, 11) is 0. The van der Waals surface area contributed by atoms with E-state index >= 15 is 0 Å². The molecule has 1 aliphatic rings. The van der Waals surface area contributed by atoms with Gasteiger partial charge >= 0.3 is 0 Å². The van der Waals surface area contributed by atoms with Crippen molar-refractivity contribution in [3.05, 3.63) is 30.1 Å². The predicted octanol–water partition coefficient (Wildman–Crippen LogP) is 2.31. The number of pyridine rings is 1. The average Bonchev–Trinajstić information content (AvgIpc) is 2.68. The van der Waals surface area contributed by atoms with Crippen LogP contribution in [0.2, 0.25) is 0 Å². The molecule has 0 spiro atoms. The Balaban J connectivity index is 1.96. The van der Waals surface area contributed by atoms with Gasteiger partial charge in [0.05, 0.1) is 0 Å². The van der Waals surface area contributed by atoms with Crippen LogP contribution in [0, 0.1) is 5.92 Å². The lowest BCUT2D eigenvalue weighted by molar-refractivity contribution is 0.503. The molecule has 2 rings (SSSR count). The first-order chi connectivity index (χ1) is 6.90. The topological polar surface area (TPSA) is 38.9 Å². The van der Waals surface area contributed by atoms with Crippen molar-refractivity contribution in [2.24, 2.45) is 11.7 Å². The lowest BCUT2D eigenvalue weighted by Crippen LogP contribution is -2.05. The Bertz CT molecular complexity index is 271. The summed E-state index contributed by atoms with van der Waals surface area (Å²) in [6, 6.07) is 4.23. The van der Waals surface area contributed by atoms with Crippen LogP contribution < -0.4 is 5.73 Å². The largest absolute Gasteiger partial charge is 0.330 e. The molecular formula is C12H18N2. The highest BCUT2D eigenvalue weighted by atomic mass is 14.6. The summed E-state index contributed by atoms with van der Waals surface area (Å²) in [5.74, 6) is 1.59. The molecule has 1 fully saturated rings. The summed E-state index contributed by atoms with van der Waals surface area (Å²) < 4.78 is 0. The van der Waals surface area contributed by atoms with Gasteiger partial charge in [-0.3, -0.25) is 4.98 Å². The molecule has 0 saturated heterocycles. The van der Waals surface area contributed by atoms with E-state index in [9.17, 15) is 0 Å². The summed E-state index contributed by atoms with van der Waals surface area (Å²) in [5.41, 5.74) is 6.99. The Kier molecular flexibility index (Phi) is 3.14. The highest BCUT2D eigenvalue weighted by molar-refractivity contribution is 5.16. The van der Waals surface area contributed by atoms with E-state index in [0.29, 0.717) is 0 Å². The Morgan fingerprint density at radius 3 is 3.07 bits per heavy atom. The van der Waals surface area contributed by atoms with E-state index in [1.807, 2.05) is 18.5 Å². The van der Waals surface area contributed by atoms with Crippen molar-refractivity contribution in [3.63, 3.8) is 0 Å². The van der Waals surface area contributed by atoms with Crippen LogP contribution in [0.25, 0.3) is 0 Å². The number of nitrogens with two attached hydrogens (primary N) is 1. The van der Waals surface area contributed by atoms with Gasteiger partial charge in [-0.15, -0.1) is 0 Å². The normalized spacial score (nSPS) is 26.6. The fraction of sp³-hybridized carbons (Fsp3) is 0.583. The minimum atomic E-state index is 0.736. The molecule has 1 aromatic rings. The van der Waals surface area contributed by atoms with E-state index in [0.717, 1.165) is 18.4 Å². The second kappa shape index (κ2) is 4.56. The van der Waals surface area contributed by atoms with Crippen LogP contribution in [0.5, 0.6) is 0 Å². The van der Waals surface area contributed by atoms with Gasteiger partial charge in [-0.1, -0.05) is 6.07 Å². The highest BCUT2D eigenvalue weighted by Gasteiger charge is 2.24. The molecule has 2 atom stereocenters. The third kappa shape index (κ3) is 2.13. The van der Waals surface area contributed by atoms with Crippen LogP contribution >= 0.6 is 0 Å². The Labute approximate surface area is 85.5 Å². The zero-order chi connectivity index (χ0) is 9.80. The quantitative estimate of drug-likeness (QED) is 0.794. The average molecular weight is 190 g/mol. The van der Waals surface area contributed by atoms with Crippen LogP contribution in [-0.2, 0) is 0 Å². The summed E-state index contributed by atoms with van der Waals surface area (Å²) in [4.78, 5) is 4.18. The van der Waals surface area contributed by atoms with Crippen molar-refractivity contribution < 1.29 is 0 Å².